The molecule has 0 fully saturated rings. The van der Waals surface area contributed by atoms with Gasteiger partial charge in [-0.15, -0.1) is 0 Å². The predicted molar refractivity (Wildman–Crippen MR) is 79.2 cm³/mol. The number of nitrogens with one attached hydrogen (secondary N) is 1. The van der Waals surface area contributed by atoms with Crippen molar-refractivity contribution in [2.75, 3.05) is 6.54 Å². The summed E-state index contributed by atoms with van der Waals surface area (Å²) in [4.78, 5) is 15.9. The fourth-order valence-corrected chi connectivity index (χ4v) is 2.04. The molecular formula is C15H15BrN2O. The molecule has 1 aromatic heterocycles. The highest BCUT2D eigenvalue weighted by Crippen LogP contribution is 2.08. The van der Waals surface area contributed by atoms with Crippen LogP contribution in [0.5, 0.6) is 0 Å². The molecule has 98 valence electrons. The average molecular weight is 319 g/mol. The maximum Gasteiger partial charge on any atom is 0.269 e. The Balaban J connectivity index is 1.88. The lowest BCUT2D eigenvalue weighted by Crippen LogP contribution is -2.26. The first-order chi connectivity index (χ1) is 9.16. The molecule has 0 radical (unpaired) electrons. The smallest absolute Gasteiger partial charge is 0.269 e. The molecule has 1 aromatic carbocycles. The molecule has 0 saturated heterocycles. The second kappa shape index (κ2) is 6.48. The van der Waals surface area contributed by atoms with Crippen molar-refractivity contribution in [2.45, 2.75) is 13.3 Å². The maximum atomic E-state index is 11.8. The summed E-state index contributed by atoms with van der Waals surface area (Å²) in [6.07, 6.45) is 2.45. The van der Waals surface area contributed by atoms with Crippen molar-refractivity contribution in [1.29, 1.82) is 0 Å². The maximum absolute atomic E-state index is 11.8. The van der Waals surface area contributed by atoms with Crippen LogP contribution in [0.3, 0.4) is 0 Å². The number of carbonyl (C=O) groups excluding carboxylic acids is 1. The van der Waals surface area contributed by atoms with E-state index in [-0.39, 0.29) is 5.91 Å². The summed E-state index contributed by atoms with van der Waals surface area (Å²) in [6.45, 7) is 2.69. The summed E-state index contributed by atoms with van der Waals surface area (Å²) in [5, 5.41) is 2.88. The molecule has 1 amide bonds. The molecule has 0 aliphatic carbocycles. The minimum Gasteiger partial charge on any atom is -0.350 e. The molecule has 0 saturated carbocycles. The largest absolute Gasteiger partial charge is 0.350 e. The number of halogens is 1. The predicted octanol–water partition coefficient (Wildman–Crippen LogP) is 3.13. The molecule has 2 rings (SSSR count). The van der Waals surface area contributed by atoms with Crippen molar-refractivity contribution in [3.8, 4) is 0 Å². The van der Waals surface area contributed by atoms with E-state index in [4.69, 9.17) is 0 Å². The quantitative estimate of drug-likeness (QED) is 0.941. The Hall–Kier alpha value is -1.68. The third-order valence-electron chi connectivity index (χ3n) is 2.90. The Morgan fingerprint density at radius 1 is 1.26 bits per heavy atom. The fourth-order valence-electron chi connectivity index (χ4n) is 1.80. The van der Waals surface area contributed by atoms with E-state index in [1.54, 1.807) is 12.3 Å². The summed E-state index contributed by atoms with van der Waals surface area (Å²) in [5.74, 6) is -0.138. The van der Waals surface area contributed by atoms with Crippen molar-refractivity contribution in [3.63, 3.8) is 0 Å². The zero-order chi connectivity index (χ0) is 13.7. The molecule has 1 N–H and O–H groups in total. The Morgan fingerprint density at radius 3 is 2.74 bits per heavy atom. The third-order valence-corrected chi connectivity index (χ3v) is 3.37. The molecule has 0 aliphatic rings. The van der Waals surface area contributed by atoms with Gasteiger partial charge in [-0.2, -0.15) is 0 Å². The molecular weight excluding hydrogens is 304 g/mol. The van der Waals surface area contributed by atoms with Gasteiger partial charge in [0.05, 0.1) is 0 Å². The number of aryl methyl sites for hydroxylation is 1. The van der Waals surface area contributed by atoms with E-state index < -0.39 is 0 Å². The van der Waals surface area contributed by atoms with Gasteiger partial charge in [0, 0.05) is 17.2 Å². The van der Waals surface area contributed by atoms with E-state index >= 15 is 0 Å². The summed E-state index contributed by atoms with van der Waals surface area (Å²) in [6, 6.07) is 11.7. The van der Waals surface area contributed by atoms with Crippen LogP contribution in [0.15, 0.2) is 47.1 Å². The number of hydrogen-bond donors (Lipinski definition) is 1. The van der Waals surface area contributed by atoms with Crippen molar-refractivity contribution >= 4 is 21.8 Å². The van der Waals surface area contributed by atoms with Crippen molar-refractivity contribution < 1.29 is 4.79 Å². The first-order valence-corrected chi connectivity index (χ1v) is 6.90. The molecule has 3 nitrogen and oxygen atoms in total. The first-order valence-electron chi connectivity index (χ1n) is 6.11. The number of aromatic nitrogens is 1. The summed E-state index contributed by atoms with van der Waals surface area (Å²) in [7, 11) is 0. The first kappa shape index (κ1) is 13.7. The van der Waals surface area contributed by atoms with Crippen LogP contribution in [0.4, 0.5) is 0 Å². The van der Waals surface area contributed by atoms with Gasteiger partial charge in [0.2, 0.25) is 0 Å². The fraction of sp³-hybridized carbons (Fsp3) is 0.200. The monoisotopic (exact) mass is 318 g/mol. The number of benzene rings is 1. The van der Waals surface area contributed by atoms with Gasteiger partial charge in [0.1, 0.15) is 5.69 Å². The topological polar surface area (TPSA) is 42.0 Å². The Kier molecular flexibility index (Phi) is 4.68. The molecule has 4 heteroatoms. The number of rotatable bonds is 4. The number of carbonyl (C=O) groups is 1. The van der Waals surface area contributed by atoms with Crippen molar-refractivity contribution in [2.24, 2.45) is 0 Å². The van der Waals surface area contributed by atoms with Gasteiger partial charge in [-0.3, -0.25) is 4.79 Å². The number of hydrogen-bond acceptors (Lipinski definition) is 2. The molecule has 0 spiro atoms. The second-order valence-corrected chi connectivity index (χ2v) is 5.21. The van der Waals surface area contributed by atoms with Crippen LogP contribution in [0.2, 0.25) is 0 Å². The SMILES string of the molecule is Cc1ccccc1CCNC(=O)c1ccc(Br)cn1. The van der Waals surface area contributed by atoms with Crippen LogP contribution in [0.25, 0.3) is 0 Å². The highest BCUT2D eigenvalue weighted by molar-refractivity contribution is 9.10. The Bertz CT molecular complexity index is 567. The van der Waals surface area contributed by atoms with E-state index in [1.165, 1.54) is 11.1 Å². The lowest BCUT2D eigenvalue weighted by Gasteiger charge is -2.07. The van der Waals surface area contributed by atoms with Crippen LogP contribution < -0.4 is 5.32 Å². The molecule has 0 aliphatic heterocycles. The van der Waals surface area contributed by atoms with Crippen LogP contribution in [-0.2, 0) is 6.42 Å². The van der Waals surface area contributed by atoms with Crippen molar-refractivity contribution in [1.82, 2.24) is 10.3 Å². The number of nitrogens with zero attached hydrogens (tertiary/aromatic N) is 1. The zero-order valence-corrected chi connectivity index (χ0v) is 12.3. The molecule has 1 heterocycles. The lowest BCUT2D eigenvalue weighted by atomic mass is 10.1. The van der Waals surface area contributed by atoms with Gasteiger partial charge in [-0.1, -0.05) is 24.3 Å². The van der Waals surface area contributed by atoms with E-state index in [0.29, 0.717) is 12.2 Å². The number of pyridine rings is 1. The summed E-state index contributed by atoms with van der Waals surface area (Å²) in [5.41, 5.74) is 2.94. The normalized spacial score (nSPS) is 10.2. The lowest BCUT2D eigenvalue weighted by molar-refractivity contribution is 0.0949. The van der Waals surface area contributed by atoms with Crippen LogP contribution in [0.1, 0.15) is 21.6 Å². The van der Waals surface area contributed by atoms with E-state index in [0.717, 1.165) is 10.9 Å². The van der Waals surface area contributed by atoms with E-state index in [1.807, 2.05) is 18.2 Å². The van der Waals surface area contributed by atoms with E-state index in [9.17, 15) is 4.79 Å². The number of amides is 1. The molecule has 0 atom stereocenters. The molecule has 2 aromatic rings. The second-order valence-electron chi connectivity index (χ2n) is 4.29. The molecule has 0 bridgehead atoms. The average Bonchev–Trinajstić information content (AvgIpc) is 2.41. The van der Waals surface area contributed by atoms with Crippen LogP contribution in [0, 0.1) is 6.92 Å². The third kappa shape index (κ3) is 3.89. The zero-order valence-electron chi connectivity index (χ0n) is 10.7. The van der Waals surface area contributed by atoms with Crippen LogP contribution >= 0.6 is 15.9 Å². The standard InChI is InChI=1S/C15H15BrN2O/c1-11-4-2-3-5-12(11)8-9-17-15(19)14-7-6-13(16)10-18-14/h2-7,10H,8-9H2,1H3,(H,17,19). The van der Waals surface area contributed by atoms with Crippen molar-refractivity contribution in [3.05, 3.63) is 63.9 Å². The summed E-state index contributed by atoms with van der Waals surface area (Å²) >= 11 is 3.29. The Morgan fingerprint density at radius 2 is 2.05 bits per heavy atom. The summed E-state index contributed by atoms with van der Waals surface area (Å²) < 4.78 is 0.865. The highest BCUT2D eigenvalue weighted by atomic mass is 79.9. The van der Waals surface area contributed by atoms with Gasteiger partial charge in [-0.25, -0.2) is 4.98 Å². The van der Waals surface area contributed by atoms with Gasteiger partial charge in [0.15, 0.2) is 0 Å². The van der Waals surface area contributed by atoms with Gasteiger partial charge in [-0.05, 0) is 52.5 Å². The highest BCUT2D eigenvalue weighted by Gasteiger charge is 2.06. The van der Waals surface area contributed by atoms with Gasteiger partial charge >= 0.3 is 0 Å². The Labute approximate surface area is 121 Å². The van der Waals surface area contributed by atoms with Crippen LogP contribution in [-0.4, -0.2) is 17.4 Å². The van der Waals surface area contributed by atoms with E-state index in [2.05, 4.69) is 45.3 Å². The molecule has 0 unspecified atom stereocenters. The minimum atomic E-state index is -0.138. The molecule has 19 heavy (non-hydrogen) atoms. The minimum absolute atomic E-state index is 0.138. The van der Waals surface area contributed by atoms with Gasteiger partial charge < -0.3 is 5.32 Å². The van der Waals surface area contributed by atoms with Gasteiger partial charge in [0.25, 0.3) is 5.91 Å².